The van der Waals surface area contributed by atoms with E-state index in [0.717, 1.165) is 17.2 Å². The first-order chi connectivity index (χ1) is 21.7. The van der Waals surface area contributed by atoms with Gasteiger partial charge in [0, 0.05) is 16.0 Å². The van der Waals surface area contributed by atoms with E-state index in [1.165, 1.54) is 38.1 Å². The Balaban J connectivity index is 1.53. The summed E-state index contributed by atoms with van der Waals surface area (Å²) in [5, 5.41) is 1.23. The normalized spacial score (nSPS) is 12.8. The topological polar surface area (TPSA) is 88.1 Å². The molecule has 3 aromatic carbocycles. The molecule has 0 radical (unpaired) electrons. The molecule has 3 rings (SSSR count). The summed E-state index contributed by atoms with van der Waals surface area (Å²) < 4.78 is 98.4. The van der Waals surface area contributed by atoms with Gasteiger partial charge < -0.3 is 9.26 Å². The summed E-state index contributed by atoms with van der Waals surface area (Å²) >= 11 is 12.1. The molecule has 0 saturated carbocycles. The molecule has 0 atom stereocenters. The molecule has 0 fully saturated rings. The highest BCUT2D eigenvalue weighted by molar-refractivity contribution is 7.91. The van der Waals surface area contributed by atoms with Gasteiger partial charge in [0.2, 0.25) is 5.76 Å². The smallest absolute Gasteiger partial charge is 0.493 e. The van der Waals surface area contributed by atoms with E-state index in [9.17, 15) is 26.2 Å². The molecular formula is C32H36Cl2F3O7PS. The second-order valence-corrected chi connectivity index (χ2v) is 14.9. The van der Waals surface area contributed by atoms with E-state index in [2.05, 4.69) is 4.52 Å². The van der Waals surface area contributed by atoms with Crippen LogP contribution >= 0.6 is 31.0 Å². The molecule has 0 aromatic heterocycles. The van der Waals surface area contributed by atoms with Gasteiger partial charge in [0.25, 0.3) is 0 Å². The molecule has 0 heterocycles. The highest BCUT2D eigenvalue weighted by Crippen LogP contribution is 2.53. The lowest BCUT2D eigenvalue weighted by Gasteiger charge is -2.20. The van der Waals surface area contributed by atoms with Gasteiger partial charge in [-0.2, -0.15) is 13.2 Å². The Labute approximate surface area is 278 Å². The Kier molecular flexibility index (Phi) is 14.5. The summed E-state index contributed by atoms with van der Waals surface area (Å²) in [7, 11) is -7.87. The fourth-order valence-corrected chi connectivity index (χ4v) is 7.11. The quantitative estimate of drug-likeness (QED) is 0.0955. The molecule has 3 aromatic rings. The van der Waals surface area contributed by atoms with Crippen LogP contribution in [0.5, 0.6) is 5.75 Å². The van der Waals surface area contributed by atoms with E-state index in [4.69, 9.17) is 37.0 Å². The van der Waals surface area contributed by atoms with Gasteiger partial charge in [0.1, 0.15) is 12.4 Å². The van der Waals surface area contributed by atoms with E-state index in [1.54, 1.807) is 24.3 Å². The van der Waals surface area contributed by atoms with Gasteiger partial charge >= 0.3 is 14.0 Å². The van der Waals surface area contributed by atoms with Crippen molar-refractivity contribution in [2.45, 2.75) is 45.2 Å². The number of rotatable bonds is 18. The zero-order valence-corrected chi connectivity index (χ0v) is 28.6. The third-order valence-corrected chi connectivity index (χ3v) is 10.4. The van der Waals surface area contributed by atoms with Crippen molar-refractivity contribution in [1.82, 2.24) is 0 Å². The minimum Gasteiger partial charge on any atom is -0.493 e. The number of phosphoric acid groups is 1. The van der Waals surface area contributed by atoms with Gasteiger partial charge in [0.15, 0.2) is 9.84 Å². The van der Waals surface area contributed by atoms with Gasteiger partial charge in [-0.1, -0.05) is 59.6 Å². The van der Waals surface area contributed by atoms with E-state index in [0.29, 0.717) is 34.2 Å². The molecule has 46 heavy (non-hydrogen) atoms. The number of hydrogen-bond acceptors (Lipinski definition) is 7. The van der Waals surface area contributed by atoms with E-state index in [1.807, 2.05) is 24.3 Å². The standard InChI is InChI=1S/C32H36Cl2F3O7PS/c1-3-42-45(38,43-4-2)44-31(32(35,36)37)20-9-24-7-18-29(19-8-24)41-21-23-46(39,40)22-5-6-30(25-10-14-27(33)15-11-25)26-12-16-28(34)17-13-26/h7-8,10-20,30H,3-6,9,21-23H2,1-2H3/b31-20-. The van der Waals surface area contributed by atoms with Crippen molar-refractivity contribution in [3.8, 4) is 5.75 Å². The zero-order chi connectivity index (χ0) is 33.8. The van der Waals surface area contributed by atoms with Crippen molar-refractivity contribution >= 4 is 40.9 Å². The van der Waals surface area contributed by atoms with Crippen molar-refractivity contribution in [3.05, 3.63) is 111 Å². The zero-order valence-electron chi connectivity index (χ0n) is 25.3. The van der Waals surface area contributed by atoms with Crippen LogP contribution in [0.4, 0.5) is 13.2 Å². The highest BCUT2D eigenvalue weighted by atomic mass is 35.5. The van der Waals surface area contributed by atoms with Crippen molar-refractivity contribution in [3.63, 3.8) is 0 Å². The maximum absolute atomic E-state index is 13.5. The summed E-state index contributed by atoms with van der Waals surface area (Å²) in [5.41, 5.74) is 2.51. The van der Waals surface area contributed by atoms with Crippen molar-refractivity contribution in [1.29, 1.82) is 0 Å². The van der Waals surface area contributed by atoms with Gasteiger partial charge in [0.05, 0.1) is 24.7 Å². The van der Waals surface area contributed by atoms with Crippen LogP contribution < -0.4 is 4.74 Å². The number of phosphoric ester groups is 1. The molecule has 0 aliphatic carbocycles. The van der Waals surface area contributed by atoms with Crippen LogP contribution in [0, 0.1) is 0 Å². The Morgan fingerprint density at radius 2 is 1.37 bits per heavy atom. The maximum Gasteiger partial charge on any atom is 0.530 e. The molecule has 7 nitrogen and oxygen atoms in total. The predicted octanol–water partition coefficient (Wildman–Crippen LogP) is 9.59. The Hall–Kier alpha value is -2.53. The van der Waals surface area contributed by atoms with E-state index < -0.39 is 29.6 Å². The third-order valence-electron chi connectivity index (χ3n) is 6.67. The van der Waals surface area contributed by atoms with E-state index >= 15 is 0 Å². The lowest BCUT2D eigenvalue weighted by molar-refractivity contribution is -0.120. The number of sulfone groups is 1. The van der Waals surface area contributed by atoms with Gasteiger partial charge in [-0.05, 0) is 92.3 Å². The number of hydrogen-bond donors (Lipinski definition) is 0. The summed E-state index contributed by atoms with van der Waals surface area (Å²) in [6, 6.07) is 21.0. The number of benzene rings is 3. The summed E-state index contributed by atoms with van der Waals surface area (Å²) in [5.74, 6) is -1.39. The monoisotopic (exact) mass is 722 g/mol. The molecule has 0 unspecified atom stereocenters. The van der Waals surface area contributed by atoms with Crippen LogP contribution in [0.3, 0.4) is 0 Å². The molecule has 0 bridgehead atoms. The summed E-state index contributed by atoms with van der Waals surface area (Å²) in [6.07, 6.45) is -3.36. The number of halogens is 5. The largest absolute Gasteiger partial charge is 0.530 e. The lowest BCUT2D eigenvalue weighted by atomic mass is 9.88. The van der Waals surface area contributed by atoms with Gasteiger partial charge in [-0.15, -0.1) is 0 Å². The second-order valence-electron chi connectivity index (χ2n) is 10.1. The first-order valence-electron chi connectivity index (χ1n) is 14.5. The second kappa shape index (κ2) is 17.6. The van der Waals surface area contributed by atoms with Crippen LogP contribution in [0.1, 0.15) is 49.3 Å². The molecule has 0 N–H and O–H groups in total. The van der Waals surface area contributed by atoms with Crippen molar-refractivity contribution < 1.29 is 44.5 Å². The van der Waals surface area contributed by atoms with E-state index in [-0.39, 0.29) is 43.7 Å². The molecule has 252 valence electrons. The Morgan fingerprint density at radius 3 is 1.85 bits per heavy atom. The van der Waals surface area contributed by atoms with Crippen LogP contribution in [0.15, 0.2) is 84.6 Å². The minimum atomic E-state index is -4.93. The summed E-state index contributed by atoms with van der Waals surface area (Å²) in [4.78, 5) is 0. The third kappa shape index (κ3) is 12.6. The maximum atomic E-state index is 13.5. The number of alkyl halides is 3. The average Bonchev–Trinajstić information content (AvgIpc) is 2.99. The molecule has 0 aliphatic heterocycles. The average molecular weight is 724 g/mol. The Morgan fingerprint density at radius 1 is 0.848 bits per heavy atom. The minimum absolute atomic E-state index is 0.0254. The first kappa shape index (κ1) is 37.9. The van der Waals surface area contributed by atoms with Crippen LogP contribution in [-0.2, 0) is 34.4 Å². The molecule has 0 saturated heterocycles. The highest BCUT2D eigenvalue weighted by Gasteiger charge is 2.42. The molecule has 14 heteroatoms. The number of allylic oxidation sites excluding steroid dienone is 2. The van der Waals surface area contributed by atoms with Crippen LogP contribution in [0.25, 0.3) is 0 Å². The SMILES string of the molecule is CCOP(=O)(OCC)O/C(=C\Cc1ccc(OCCS(=O)(=O)CCCC(c2ccc(Cl)cc2)c2ccc(Cl)cc2)cc1)C(F)(F)F. The molecule has 0 amide bonds. The first-order valence-corrected chi connectivity index (χ1v) is 18.6. The van der Waals surface area contributed by atoms with Gasteiger partial charge in [-0.25, -0.2) is 13.0 Å². The van der Waals surface area contributed by atoms with Crippen molar-refractivity contribution in [2.24, 2.45) is 0 Å². The van der Waals surface area contributed by atoms with Crippen LogP contribution in [0.2, 0.25) is 10.0 Å². The fraction of sp³-hybridized carbons (Fsp3) is 0.375. The van der Waals surface area contributed by atoms with Crippen LogP contribution in [-0.4, -0.2) is 45.9 Å². The predicted molar refractivity (Wildman–Crippen MR) is 174 cm³/mol. The fourth-order valence-electron chi connectivity index (χ4n) is 4.48. The number of ether oxygens (including phenoxy) is 1. The lowest BCUT2D eigenvalue weighted by Crippen LogP contribution is -2.18. The molecule has 0 spiro atoms. The van der Waals surface area contributed by atoms with Gasteiger partial charge in [-0.3, -0.25) is 9.05 Å². The Bertz CT molecular complexity index is 1510. The van der Waals surface area contributed by atoms with Crippen molar-refractivity contribution in [2.75, 3.05) is 31.3 Å². The molecule has 0 aliphatic rings. The summed E-state index contributed by atoms with van der Waals surface area (Å²) in [6.45, 7) is 2.48. The molecular weight excluding hydrogens is 687 g/mol.